The summed E-state index contributed by atoms with van der Waals surface area (Å²) >= 11 is 9.13. The summed E-state index contributed by atoms with van der Waals surface area (Å²) < 4.78 is 5.61. The Morgan fingerprint density at radius 3 is 2.90 bits per heavy atom. The summed E-state index contributed by atoms with van der Waals surface area (Å²) in [5.74, 6) is -0.610. The molecule has 0 bridgehead atoms. The molecule has 2 N–H and O–H groups in total. The Morgan fingerprint density at radius 1 is 1.32 bits per heavy atom. The molecule has 0 saturated carbocycles. The van der Waals surface area contributed by atoms with E-state index >= 15 is 0 Å². The molecule has 1 atom stereocenters. The van der Waals surface area contributed by atoms with E-state index in [2.05, 4.69) is 20.6 Å². The minimum absolute atomic E-state index is 0.0605. The summed E-state index contributed by atoms with van der Waals surface area (Å²) in [4.78, 5) is 35.7. The van der Waals surface area contributed by atoms with Gasteiger partial charge < -0.3 is 15.4 Å². The van der Waals surface area contributed by atoms with Crippen LogP contribution in [0.5, 0.6) is 0 Å². The minimum atomic E-state index is -0.439. The van der Waals surface area contributed by atoms with Crippen molar-refractivity contribution >= 4 is 51.5 Å². The highest BCUT2D eigenvalue weighted by Gasteiger charge is 2.29. The average Bonchev–Trinajstić information content (AvgIpc) is 3.44. The van der Waals surface area contributed by atoms with Crippen LogP contribution in [0.2, 0.25) is 5.02 Å². The fourth-order valence-corrected chi connectivity index (χ4v) is 5.91. The van der Waals surface area contributed by atoms with E-state index in [0.29, 0.717) is 22.3 Å². The van der Waals surface area contributed by atoms with Crippen LogP contribution in [0.4, 0.5) is 5.00 Å². The quantitative estimate of drug-likeness (QED) is 0.452. The summed E-state index contributed by atoms with van der Waals surface area (Å²) in [6.07, 6.45) is 6.26. The highest BCUT2D eigenvalue weighted by Crippen LogP contribution is 2.39. The van der Waals surface area contributed by atoms with E-state index in [4.69, 9.17) is 16.3 Å². The number of hydrogen-bond acceptors (Lipinski definition) is 7. The van der Waals surface area contributed by atoms with E-state index in [0.717, 1.165) is 49.2 Å². The van der Waals surface area contributed by atoms with Gasteiger partial charge in [0.1, 0.15) is 5.00 Å². The lowest BCUT2D eigenvalue weighted by Gasteiger charge is -2.13. The molecule has 1 fully saturated rings. The number of rotatable bonds is 7. The van der Waals surface area contributed by atoms with Crippen molar-refractivity contribution in [2.45, 2.75) is 62.5 Å². The average molecular weight is 481 g/mol. The molecule has 3 heterocycles. The van der Waals surface area contributed by atoms with E-state index in [1.54, 1.807) is 0 Å². The molecule has 31 heavy (non-hydrogen) atoms. The predicted molar refractivity (Wildman–Crippen MR) is 124 cm³/mol. The van der Waals surface area contributed by atoms with Gasteiger partial charge in [0, 0.05) is 23.3 Å². The van der Waals surface area contributed by atoms with Crippen LogP contribution in [0.1, 0.15) is 64.4 Å². The Kier molecular flexibility index (Phi) is 7.15. The molecule has 1 aliphatic heterocycles. The second-order valence-corrected chi connectivity index (χ2v) is 10.9. The van der Waals surface area contributed by atoms with E-state index in [1.165, 1.54) is 29.3 Å². The first-order valence-corrected chi connectivity index (χ1v) is 12.5. The molecule has 4 rings (SSSR count). The molecule has 1 unspecified atom stereocenters. The van der Waals surface area contributed by atoms with Crippen LogP contribution in [0.25, 0.3) is 0 Å². The Morgan fingerprint density at radius 2 is 2.16 bits per heavy atom. The number of aromatic nitrogens is 2. The monoisotopic (exact) mass is 480 g/mol. The van der Waals surface area contributed by atoms with Crippen molar-refractivity contribution in [3.8, 4) is 0 Å². The number of aryl methyl sites for hydroxylation is 1. The van der Waals surface area contributed by atoms with Crippen LogP contribution < -0.4 is 10.6 Å². The maximum Gasteiger partial charge on any atom is 0.276 e. The Balaban J connectivity index is 1.54. The zero-order valence-electron chi connectivity index (χ0n) is 17.5. The summed E-state index contributed by atoms with van der Waals surface area (Å²) in [6.45, 7) is 5.27. The number of thioether (sulfide) groups is 1. The van der Waals surface area contributed by atoms with Crippen molar-refractivity contribution in [2.75, 3.05) is 18.5 Å². The zero-order valence-corrected chi connectivity index (χ0v) is 19.9. The van der Waals surface area contributed by atoms with Gasteiger partial charge in [-0.05, 0) is 37.7 Å². The molecule has 1 saturated heterocycles. The maximum absolute atomic E-state index is 13.0. The molecule has 0 radical (unpaired) electrons. The third-order valence-corrected chi connectivity index (χ3v) is 7.53. The largest absolute Gasteiger partial charge is 0.376 e. The highest BCUT2D eigenvalue weighted by atomic mass is 35.5. The van der Waals surface area contributed by atoms with Crippen LogP contribution in [0, 0.1) is 0 Å². The van der Waals surface area contributed by atoms with Gasteiger partial charge in [-0.15, -0.1) is 11.3 Å². The van der Waals surface area contributed by atoms with Gasteiger partial charge >= 0.3 is 0 Å². The molecule has 1 aliphatic carbocycles. The topological polar surface area (TPSA) is 93.2 Å². The number of carbonyl (C=O) groups excluding carboxylic acids is 2. The van der Waals surface area contributed by atoms with Crippen molar-refractivity contribution in [1.29, 1.82) is 0 Å². The molecule has 0 spiro atoms. The van der Waals surface area contributed by atoms with Crippen LogP contribution in [0.3, 0.4) is 0 Å². The lowest BCUT2D eigenvalue weighted by Crippen LogP contribution is -2.32. The molecular weight excluding hydrogens is 456 g/mol. The molecule has 10 heteroatoms. The van der Waals surface area contributed by atoms with Crippen LogP contribution >= 0.6 is 34.7 Å². The molecular formula is C21H25ClN4O3S2. The van der Waals surface area contributed by atoms with Gasteiger partial charge in [0.05, 0.1) is 22.9 Å². The van der Waals surface area contributed by atoms with Crippen molar-refractivity contribution in [1.82, 2.24) is 15.3 Å². The Hall–Kier alpha value is -1.68. The summed E-state index contributed by atoms with van der Waals surface area (Å²) in [5.41, 5.74) is 1.71. The highest BCUT2D eigenvalue weighted by molar-refractivity contribution is 7.99. The second kappa shape index (κ2) is 9.85. The standard InChI is InChI=1S/C21H25ClN4O3S2/c1-11(2)30-21-24-10-14(22)17(25-21)19(28)26-20-16(13-6-3-7-15(13)31-20)18(27)23-9-12-5-4-8-29-12/h10-12H,3-9H2,1-2H3,(H,23,27)(H,26,28). The summed E-state index contributed by atoms with van der Waals surface area (Å²) in [5, 5.41) is 7.37. The van der Waals surface area contributed by atoms with Gasteiger partial charge in [-0.2, -0.15) is 0 Å². The molecule has 7 nitrogen and oxygen atoms in total. The van der Waals surface area contributed by atoms with Gasteiger partial charge in [0.15, 0.2) is 10.9 Å². The van der Waals surface area contributed by atoms with Crippen molar-refractivity contribution < 1.29 is 14.3 Å². The molecule has 2 amide bonds. The smallest absolute Gasteiger partial charge is 0.276 e. The molecule has 2 aromatic rings. The zero-order chi connectivity index (χ0) is 22.0. The Labute approximate surface area is 194 Å². The van der Waals surface area contributed by atoms with Gasteiger partial charge in [-0.3, -0.25) is 9.59 Å². The summed E-state index contributed by atoms with van der Waals surface area (Å²) in [7, 11) is 0. The SMILES string of the molecule is CC(C)Sc1ncc(Cl)c(C(=O)Nc2sc3c(c2C(=O)NCC2CCCO2)CCC3)n1. The third kappa shape index (κ3) is 5.22. The van der Waals surface area contributed by atoms with Gasteiger partial charge in [0.2, 0.25) is 0 Å². The summed E-state index contributed by atoms with van der Waals surface area (Å²) in [6, 6.07) is 0. The van der Waals surface area contributed by atoms with Crippen LogP contribution in [-0.2, 0) is 17.6 Å². The number of fused-ring (bicyclic) bond motifs is 1. The molecule has 2 aliphatic rings. The van der Waals surface area contributed by atoms with E-state index in [9.17, 15) is 9.59 Å². The predicted octanol–water partition coefficient (Wildman–Crippen LogP) is 4.34. The van der Waals surface area contributed by atoms with E-state index < -0.39 is 5.91 Å². The second-order valence-electron chi connectivity index (χ2n) is 7.88. The number of halogens is 1. The maximum atomic E-state index is 13.0. The number of nitrogens with zero attached hydrogens (tertiary/aromatic N) is 2. The lowest BCUT2D eigenvalue weighted by molar-refractivity contribution is 0.0858. The molecule has 2 aromatic heterocycles. The van der Waals surface area contributed by atoms with Crippen LogP contribution in [-0.4, -0.2) is 46.3 Å². The number of anilines is 1. The van der Waals surface area contributed by atoms with E-state index in [1.807, 2.05) is 13.8 Å². The van der Waals surface area contributed by atoms with Gasteiger partial charge in [0.25, 0.3) is 11.8 Å². The van der Waals surface area contributed by atoms with Gasteiger partial charge in [-0.1, -0.05) is 37.2 Å². The van der Waals surface area contributed by atoms with Gasteiger partial charge in [-0.25, -0.2) is 9.97 Å². The third-order valence-electron chi connectivity index (χ3n) is 5.17. The number of ether oxygens (including phenoxy) is 1. The normalized spacial score (nSPS) is 17.7. The van der Waals surface area contributed by atoms with Crippen molar-refractivity contribution in [3.63, 3.8) is 0 Å². The first kappa shape index (κ1) is 22.5. The first-order valence-electron chi connectivity index (χ1n) is 10.5. The fourth-order valence-electron chi connectivity index (χ4n) is 3.77. The number of carbonyl (C=O) groups is 2. The number of amides is 2. The lowest BCUT2D eigenvalue weighted by atomic mass is 10.1. The fraction of sp³-hybridized carbons (Fsp3) is 0.524. The molecule has 0 aromatic carbocycles. The Bertz CT molecular complexity index is 989. The molecule has 166 valence electrons. The number of nitrogens with one attached hydrogen (secondary N) is 2. The number of hydrogen-bond donors (Lipinski definition) is 2. The van der Waals surface area contributed by atoms with Crippen LogP contribution in [0.15, 0.2) is 11.4 Å². The number of thiophene rings is 1. The minimum Gasteiger partial charge on any atom is -0.376 e. The van der Waals surface area contributed by atoms with Crippen molar-refractivity contribution in [2.24, 2.45) is 0 Å². The van der Waals surface area contributed by atoms with E-state index in [-0.39, 0.29) is 28.0 Å². The van der Waals surface area contributed by atoms with Crippen molar-refractivity contribution in [3.05, 3.63) is 32.9 Å². The first-order chi connectivity index (χ1) is 14.9.